The van der Waals surface area contributed by atoms with Crippen LogP contribution < -0.4 is 11.0 Å². The van der Waals surface area contributed by atoms with Gasteiger partial charge in [0.2, 0.25) is 0 Å². The Bertz CT molecular complexity index is 504. The van der Waals surface area contributed by atoms with E-state index in [4.69, 9.17) is 5.11 Å². The van der Waals surface area contributed by atoms with Crippen LogP contribution in [0.2, 0.25) is 0 Å². The largest absolute Gasteiger partial charge is 0.481 e. The molecule has 1 fully saturated rings. The Kier molecular flexibility index (Phi) is 3.50. The normalized spacial score (nSPS) is 23.6. The molecule has 18 heavy (non-hydrogen) atoms. The summed E-state index contributed by atoms with van der Waals surface area (Å²) in [7, 11) is 0. The van der Waals surface area contributed by atoms with Crippen molar-refractivity contribution in [2.45, 2.75) is 31.7 Å². The van der Waals surface area contributed by atoms with E-state index in [1.165, 1.54) is 6.20 Å². The third kappa shape index (κ3) is 2.61. The monoisotopic (exact) mass is 253 g/mol. The number of nitrogens with one attached hydrogen (secondary N) is 3. The van der Waals surface area contributed by atoms with Gasteiger partial charge in [-0.05, 0) is 12.8 Å². The molecule has 1 aliphatic carbocycles. The molecule has 1 saturated carbocycles. The predicted octanol–water partition coefficient (Wildman–Crippen LogP) is 0.0762. The van der Waals surface area contributed by atoms with Gasteiger partial charge in [0, 0.05) is 12.2 Å². The summed E-state index contributed by atoms with van der Waals surface area (Å²) in [6.45, 7) is 0. The summed E-state index contributed by atoms with van der Waals surface area (Å²) in [5, 5.41) is 11.8. The SMILES string of the molecule is O=C(NC1CCCCC1C(=O)O)c1c[nH]c(=O)[nH]1. The van der Waals surface area contributed by atoms with Gasteiger partial charge < -0.3 is 20.4 Å². The standard InChI is InChI=1S/C11H15N3O4/c15-9(8-5-12-11(18)14-8)13-7-4-2-1-3-6(7)10(16)17/h5-7H,1-4H2,(H,13,15)(H,16,17)(H2,12,14,18). The molecule has 1 amide bonds. The topological polar surface area (TPSA) is 115 Å². The Hall–Kier alpha value is -2.05. The van der Waals surface area contributed by atoms with Gasteiger partial charge in [-0.3, -0.25) is 9.59 Å². The van der Waals surface area contributed by atoms with Crippen LogP contribution in [0.4, 0.5) is 0 Å². The third-order valence-electron chi connectivity index (χ3n) is 3.24. The average Bonchev–Trinajstić information content (AvgIpc) is 2.76. The highest BCUT2D eigenvalue weighted by molar-refractivity contribution is 5.92. The highest BCUT2D eigenvalue weighted by Crippen LogP contribution is 2.24. The molecule has 1 heterocycles. The van der Waals surface area contributed by atoms with Crippen LogP contribution in [-0.4, -0.2) is 33.0 Å². The molecule has 1 aliphatic rings. The van der Waals surface area contributed by atoms with E-state index in [2.05, 4.69) is 15.3 Å². The number of H-pyrrole nitrogens is 2. The first-order chi connectivity index (χ1) is 8.58. The number of carboxylic acid groups (broad SMARTS) is 1. The molecule has 0 aromatic carbocycles. The minimum Gasteiger partial charge on any atom is -0.481 e. The van der Waals surface area contributed by atoms with Crippen LogP contribution in [-0.2, 0) is 4.79 Å². The molecule has 4 N–H and O–H groups in total. The van der Waals surface area contributed by atoms with E-state index in [1.807, 2.05) is 0 Å². The Balaban J connectivity index is 2.05. The second kappa shape index (κ2) is 5.07. The van der Waals surface area contributed by atoms with Gasteiger partial charge >= 0.3 is 11.7 Å². The zero-order chi connectivity index (χ0) is 13.1. The van der Waals surface area contributed by atoms with Crippen molar-refractivity contribution in [2.24, 2.45) is 5.92 Å². The van der Waals surface area contributed by atoms with Crippen LogP contribution in [0.25, 0.3) is 0 Å². The molecule has 0 radical (unpaired) electrons. The summed E-state index contributed by atoms with van der Waals surface area (Å²) >= 11 is 0. The summed E-state index contributed by atoms with van der Waals surface area (Å²) in [6, 6.07) is -0.373. The highest BCUT2D eigenvalue weighted by Gasteiger charge is 2.32. The van der Waals surface area contributed by atoms with Crippen LogP contribution in [0.5, 0.6) is 0 Å². The predicted molar refractivity (Wildman–Crippen MR) is 62.3 cm³/mol. The first-order valence-electron chi connectivity index (χ1n) is 5.89. The fraction of sp³-hybridized carbons (Fsp3) is 0.545. The van der Waals surface area contributed by atoms with Gasteiger partial charge in [-0.1, -0.05) is 12.8 Å². The summed E-state index contributed by atoms with van der Waals surface area (Å²) in [4.78, 5) is 38.4. The van der Waals surface area contributed by atoms with E-state index in [1.54, 1.807) is 0 Å². The molecule has 7 heteroatoms. The first kappa shape index (κ1) is 12.4. The number of hydrogen-bond acceptors (Lipinski definition) is 3. The van der Waals surface area contributed by atoms with Crippen molar-refractivity contribution >= 4 is 11.9 Å². The van der Waals surface area contributed by atoms with Crippen LogP contribution >= 0.6 is 0 Å². The number of aliphatic carboxylic acids is 1. The number of carbonyl (C=O) groups is 2. The van der Waals surface area contributed by atoms with Gasteiger partial charge in [0.25, 0.3) is 5.91 Å². The lowest BCUT2D eigenvalue weighted by molar-refractivity contribution is -0.143. The molecule has 2 rings (SSSR count). The molecule has 7 nitrogen and oxygen atoms in total. The van der Waals surface area contributed by atoms with Crippen molar-refractivity contribution in [1.29, 1.82) is 0 Å². The van der Waals surface area contributed by atoms with E-state index in [9.17, 15) is 14.4 Å². The zero-order valence-corrected chi connectivity index (χ0v) is 9.73. The number of amides is 1. The minimum atomic E-state index is -0.887. The maximum atomic E-state index is 11.8. The molecule has 98 valence electrons. The molecule has 0 saturated heterocycles. The quantitative estimate of drug-likeness (QED) is 0.610. The maximum Gasteiger partial charge on any atom is 0.323 e. The van der Waals surface area contributed by atoms with E-state index < -0.39 is 23.5 Å². The second-order valence-electron chi connectivity index (χ2n) is 4.47. The Morgan fingerprint density at radius 2 is 2.06 bits per heavy atom. The van der Waals surface area contributed by atoms with Crippen LogP contribution in [0, 0.1) is 5.92 Å². The van der Waals surface area contributed by atoms with E-state index >= 15 is 0 Å². The minimum absolute atomic E-state index is 0.120. The van der Waals surface area contributed by atoms with Gasteiger partial charge in [-0.25, -0.2) is 4.79 Å². The number of carbonyl (C=O) groups excluding carboxylic acids is 1. The summed E-state index contributed by atoms with van der Waals surface area (Å²) < 4.78 is 0. The number of aromatic nitrogens is 2. The van der Waals surface area contributed by atoms with Gasteiger partial charge in [-0.15, -0.1) is 0 Å². The van der Waals surface area contributed by atoms with Crippen molar-refractivity contribution in [3.05, 3.63) is 22.4 Å². The van der Waals surface area contributed by atoms with Crippen molar-refractivity contribution < 1.29 is 14.7 Å². The Morgan fingerprint density at radius 1 is 1.33 bits per heavy atom. The van der Waals surface area contributed by atoms with Crippen molar-refractivity contribution in [3.8, 4) is 0 Å². The number of imidazole rings is 1. The van der Waals surface area contributed by atoms with E-state index in [0.717, 1.165) is 12.8 Å². The van der Waals surface area contributed by atoms with Crippen LogP contribution in [0.1, 0.15) is 36.2 Å². The van der Waals surface area contributed by atoms with Crippen LogP contribution in [0.3, 0.4) is 0 Å². The Morgan fingerprint density at radius 3 is 2.67 bits per heavy atom. The molecule has 2 unspecified atom stereocenters. The molecular weight excluding hydrogens is 238 g/mol. The molecule has 1 aromatic rings. The highest BCUT2D eigenvalue weighted by atomic mass is 16.4. The van der Waals surface area contributed by atoms with Crippen molar-refractivity contribution in [3.63, 3.8) is 0 Å². The number of carboxylic acids is 1. The lowest BCUT2D eigenvalue weighted by atomic mass is 9.84. The second-order valence-corrected chi connectivity index (χ2v) is 4.47. The molecule has 0 bridgehead atoms. The maximum absolute atomic E-state index is 11.8. The van der Waals surface area contributed by atoms with Crippen LogP contribution in [0.15, 0.2) is 11.0 Å². The van der Waals surface area contributed by atoms with Crippen molar-refractivity contribution in [1.82, 2.24) is 15.3 Å². The Labute approximate surface area is 103 Å². The number of hydrogen-bond donors (Lipinski definition) is 4. The molecule has 1 aromatic heterocycles. The number of aromatic amines is 2. The third-order valence-corrected chi connectivity index (χ3v) is 3.24. The molecule has 0 spiro atoms. The van der Waals surface area contributed by atoms with Crippen molar-refractivity contribution in [2.75, 3.05) is 0 Å². The van der Waals surface area contributed by atoms with E-state index in [-0.39, 0.29) is 11.7 Å². The van der Waals surface area contributed by atoms with Gasteiger partial charge in [-0.2, -0.15) is 0 Å². The molecule has 0 aliphatic heterocycles. The fourth-order valence-corrected chi connectivity index (χ4v) is 2.30. The molecular formula is C11H15N3O4. The van der Waals surface area contributed by atoms with Gasteiger partial charge in [0.05, 0.1) is 5.92 Å². The van der Waals surface area contributed by atoms with Gasteiger partial charge in [0.1, 0.15) is 5.69 Å². The average molecular weight is 253 g/mol. The summed E-state index contributed by atoms with van der Waals surface area (Å²) in [6.07, 6.45) is 4.26. The zero-order valence-electron chi connectivity index (χ0n) is 9.73. The first-order valence-corrected chi connectivity index (χ1v) is 5.89. The molecule has 2 atom stereocenters. The van der Waals surface area contributed by atoms with E-state index in [0.29, 0.717) is 12.8 Å². The summed E-state index contributed by atoms with van der Waals surface area (Å²) in [5.74, 6) is -1.89. The van der Waals surface area contributed by atoms with Gasteiger partial charge in [0.15, 0.2) is 0 Å². The fourth-order valence-electron chi connectivity index (χ4n) is 2.30. The smallest absolute Gasteiger partial charge is 0.323 e. The lowest BCUT2D eigenvalue weighted by Gasteiger charge is -2.28. The number of rotatable bonds is 3. The summed E-state index contributed by atoms with van der Waals surface area (Å²) in [5.41, 5.74) is -0.340. The lowest BCUT2D eigenvalue weighted by Crippen LogP contribution is -2.45.